The van der Waals surface area contributed by atoms with Crippen LogP contribution in [0.3, 0.4) is 0 Å². The number of nitrogens with two attached hydrogens (primary N) is 1. The van der Waals surface area contributed by atoms with E-state index in [0.29, 0.717) is 30.0 Å². The Balaban J connectivity index is 2.26. The number of aliphatic carboxylic acids is 1. The molecule has 7 heteroatoms. The molecule has 3 unspecified atom stereocenters. The molecular weight excluding hydrogens is 268 g/mol. The van der Waals surface area contributed by atoms with Gasteiger partial charge in [-0.25, -0.2) is 4.79 Å². The van der Waals surface area contributed by atoms with E-state index >= 15 is 0 Å². The van der Waals surface area contributed by atoms with Crippen LogP contribution in [0.2, 0.25) is 0 Å². The van der Waals surface area contributed by atoms with Crippen LogP contribution in [0.4, 0.5) is 0 Å². The first kappa shape index (κ1) is 14.4. The van der Waals surface area contributed by atoms with Gasteiger partial charge in [0, 0.05) is 17.2 Å². The van der Waals surface area contributed by atoms with Gasteiger partial charge in [0.1, 0.15) is 5.70 Å². The summed E-state index contributed by atoms with van der Waals surface area (Å²) in [6.07, 6.45) is 0.594. The van der Waals surface area contributed by atoms with Gasteiger partial charge in [0.2, 0.25) is 5.91 Å². The summed E-state index contributed by atoms with van der Waals surface area (Å²) in [6, 6.07) is -0.180. The van der Waals surface area contributed by atoms with Gasteiger partial charge in [-0.05, 0) is 19.8 Å². The van der Waals surface area contributed by atoms with Gasteiger partial charge in [0.15, 0.2) is 0 Å². The molecule has 0 saturated carbocycles. The monoisotopic (exact) mass is 286 g/mol. The zero-order valence-electron chi connectivity index (χ0n) is 10.7. The molecule has 0 aliphatic carbocycles. The second-order valence-electron chi connectivity index (χ2n) is 4.79. The van der Waals surface area contributed by atoms with Crippen molar-refractivity contribution in [3.63, 3.8) is 0 Å². The van der Waals surface area contributed by atoms with Crippen molar-refractivity contribution >= 4 is 23.6 Å². The minimum absolute atomic E-state index is 0.0802. The lowest BCUT2D eigenvalue weighted by molar-refractivity contribution is -0.165. The van der Waals surface area contributed by atoms with E-state index in [1.807, 2.05) is 0 Å². The molecule has 2 rings (SSSR count). The number of aliphatic hydroxyl groups is 1. The Morgan fingerprint density at radius 1 is 1.63 bits per heavy atom. The van der Waals surface area contributed by atoms with E-state index in [4.69, 9.17) is 5.73 Å². The summed E-state index contributed by atoms with van der Waals surface area (Å²) in [5.41, 5.74) is 5.51. The number of nitrogens with zero attached hydrogens (tertiary/aromatic N) is 1. The molecule has 0 bridgehead atoms. The van der Waals surface area contributed by atoms with Gasteiger partial charge < -0.3 is 20.8 Å². The van der Waals surface area contributed by atoms with Gasteiger partial charge in [-0.2, -0.15) is 0 Å². The van der Waals surface area contributed by atoms with Crippen LogP contribution in [0.1, 0.15) is 19.8 Å². The number of hydrogen-bond donors (Lipinski definition) is 3. The van der Waals surface area contributed by atoms with Crippen LogP contribution < -0.4 is 5.73 Å². The van der Waals surface area contributed by atoms with E-state index in [-0.39, 0.29) is 17.6 Å². The molecule has 1 fully saturated rings. The average Bonchev–Trinajstić information content (AvgIpc) is 2.34. The summed E-state index contributed by atoms with van der Waals surface area (Å²) in [4.78, 5) is 25.4. The van der Waals surface area contributed by atoms with Crippen LogP contribution in [-0.2, 0) is 9.59 Å². The highest BCUT2D eigenvalue weighted by molar-refractivity contribution is 8.03. The van der Waals surface area contributed by atoms with Crippen molar-refractivity contribution in [2.24, 2.45) is 11.7 Å². The standard InChI is InChI=1S/C12H18N2O4S/c1-6(15)9-7-2-3-8(19-5-4-13)10(12(17)18)14(7)11(9)16/h6-7,9,15H,2-5,13H2,1H3,(H,17,18). The lowest BCUT2D eigenvalue weighted by Gasteiger charge is -2.51. The largest absolute Gasteiger partial charge is 0.477 e. The zero-order chi connectivity index (χ0) is 14.2. The molecule has 0 aromatic carbocycles. The number of fused-ring (bicyclic) bond motifs is 1. The van der Waals surface area contributed by atoms with E-state index < -0.39 is 18.0 Å². The summed E-state index contributed by atoms with van der Waals surface area (Å²) in [7, 11) is 0. The number of thioether (sulfide) groups is 1. The van der Waals surface area contributed by atoms with Gasteiger partial charge >= 0.3 is 5.97 Å². The fraction of sp³-hybridized carbons (Fsp3) is 0.667. The molecular formula is C12H18N2O4S. The number of β-lactam (4-membered cyclic amide) rings is 1. The number of amides is 1. The predicted molar refractivity (Wildman–Crippen MR) is 71.2 cm³/mol. The summed E-state index contributed by atoms with van der Waals surface area (Å²) in [5, 5.41) is 18.9. The third-order valence-corrected chi connectivity index (χ3v) is 4.74. The molecule has 0 radical (unpaired) electrons. The van der Waals surface area contributed by atoms with Crippen molar-refractivity contribution in [3.05, 3.63) is 10.6 Å². The van der Waals surface area contributed by atoms with Gasteiger partial charge in [-0.3, -0.25) is 4.79 Å². The Hall–Kier alpha value is -1.05. The molecule has 19 heavy (non-hydrogen) atoms. The van der Waals surface area contributed by atoms with Crippen molar-refractivity contribution in [3.8, 4) is 0 Å². The Bertz CT molecular complexity index is 435. The number of rotatable bonds is 5. The maximum absolute atomic E-state index is 12.0. The number of hydrogen-bond acceptors (Lipinski definition) is 5. The summed E-state index contributed by atoms with van der Waals surface area (Å²) >= 11 is 1.40. The molecule has 1 amide bonds. The van der Waals surface area contributed by atoms with Gasteiger partial charge in [-0.1, -0.05) is 0 Å². The molecule has 1 saturated heterocycles. The van der Waals surface area contributed by atoms with Crippen LogP contribution in [-0.4, -0.2) is 51.4 Å². The predicted octanol–water partition coefficient (Wildman–Crippen LogP) is -0.0239. The van der Waals surface area contributed by atoms with E-state index in [1.54, 1.807) is 6.92 Å². The molecule has 0 aromatic rings. The summed E-state index contributed by atoms with van der Waals surface area (Å²) in [6.45, 7) is 2.04. The molecule has 2 aliphatic rings. The molecule has 2 aliphatic heterocycles. The Kier molecular flexibility index (Phi) is 4.17. The number of carbonyl (C=O) groups excluding carboxylic acids is 1. The molecule has 2 heterocycles. The van der Waals surface area contributed by atoms with E-state index in [9.17, 15) is 19.8 Å². The number of carboxylic acid groups (broad SMARTS) is 1. The van der Waals surface area contributed by atoms with E-state index in [0.717, 1.165) is 0 Å². The van der Waals surface area contributed by atoms with Gasteiger partial charge in [0.25, 0.3) is 0 Å². The smallest absolute Gasteiger partial charge is 0.353 e. The zero-order valence-corrected chi connectivity index (χ0v) is 11.5. The first-order valence-corrected chi connectivity index (χ1v) is 7.28. The topological polar surface area (TPSA) is 104 Å². The minimum Gasteiger partial charge on any atom is -0.477 e. The number of aliphatic hydroxyl groups excluding tert-OH is 1. The number of carbonyl (C=O) groups is 2. The fourth-order valence-corrected chi connectivity index (χ4v) is 3.71. The Morgan fingerprint density at radius 2 is 2.32 bits per heavy atom. The average molecular weight is 286 g/mol. The van der Waals surface area contributed by atoms with Crippen LogP contribution >= 0.6 is 11.8 Å². The van der Waals surface area contributed by atoms with Crippen molar-refractivity contribution in [1.82, 2.24) is 4.90 Å². The highest BCUT2D eigenvalue weighted by Crippen LogP contribution is 2.44. The second-order valence-corrected chi connectivity index (χ2v) is 5.98. The summed E-state index contributed by atoms with van der Waals surface area (Å²) in [5.74, 6) is -1.20. The maximum atomic E-state index is 12.0. The third kappa shape index (κ3) is 2.37. The van der Waals surface area contributed by atoms with Gasteiger partial charge in [0.05, 0.1) is 18.1 Å². The summed E-state index contributed by atoms with van der Waals surface area (Å²) < 4.78 is 0. The quantitative estimate of drug-likeness (QED) is 0.613. The molecule has 0 spiro atoms. The maximum Gasteiger partial charge on any atom is 0.353 e. The molecule has 0 aromatic heterocycles. The number of allylic oxidation sites excluding steroid dienone is 1. The lowest BCUT2D eigenvalue weighted by atomic mass is 9.78. The first-order chi connectivity index (χ1) is 8.99. The molecule has 106 valence electrons. The Morgan fingerprint density at radius 3 is 2.84 bits per heavy atom. The third-order valence-electron chi connectivity index (χ3n) is 3.56. The van der Waals surface area contributed by atoms with E-state index in [2.05, 4.69) is 0 Å². The van der Waals surface area contributed by atoms with Crippen LogP contribution in [0.15, 0.2) is 10.6 Å². The van der Waals surface area contributed by atoms with Crippen molar-refractivity contribution < 1.29 is 19.8 Å². The minimum atomic E-state index is -1.08. The molecule has 6 nitrogen and oxygen atoms in total. The fourth-order valence-electron chi connectivity index (χ4n) is 2.76. The van der Waals surface area contributed by atoms with Crippen molar-refractivity contribution in [2.45, 2.75) is 31.9 Å². The van der Waals surface area contributed by atoms with Crippen molar-refractivity contribution in [2.75, 3.05) is 12.3 Å². The van der Waals surface area contributed by atoms with Crippen LogP contribution in [0, 0.1) is 5.92 Å². The molecule has 3 atom stereocenters. The normalized spacial score (nSPS) is 27.9. The highest BCUT2D eigenvalue weighted by Gasteiger charge is 2.54. The lowest BCUT2D eigenvalue weighted by Crippen LogP contribution is -2.65. The first-order valence-electron chi connectivity index (χ1n) is 6.29. The SMILES string of the molecule is CC(O)C1C(=O)N2C(C(=O)O)=C(SCCN)CCC12. The van der Waals surface area contributed by atoms with Crippen molar-refractivity contribution in [1.29, 1.82) is 0 Å². The van der Waals surface area contributed by atoms with Crippen LogP contribution in [0.5, 0.6) is 0 Å². The second kappa shape index (κ2) is 5.52. The molecule has 4 N–H and O–H groups in total. The number of carboxylic acids is 1. The van der Waals surface area contributed by atoms with Crippen LogP contribution in [0.25, 0.3) is 0 Å². The highest BCUT2D eigenvalue weighted by atomic mass is 32.2. The van der Waals surface area contributed by atoms with Gasteiger partial charge in [-0.15, -0.1) is 11.8 Å². The Labute approximate surface area is 115 Å². The van der Waals surface area contributed by atoms with E-state index in [1.165, 1.54) is 16.7 Å².